The highest BCUT2D eigenvalue weighted by atomic mass is 13.4. The normalized spacial score (nSPS) is 1.71. The van der Waals surface area contributed by atoms with E-state index >= 15 is 0 Å². The SMILES string of the molecule is C.C.C.C.C.C.C.C.C.CC.CCC. The van der Waals surface area contributed by atoms with Gasteiger partial charge in [-0.05, 0) is 0 Å². The second kappa shape index (κ2) is 1870. The summed E-state index contributed by atoms with van der Waals surface area (Å²) in [7, 11) is 0. The zero-order chi connectivity index (χ0) is 4.71. The Balaban J connectivity index is -0.000000000884. The minimum atomic E-state index is 0. The van der Waals surface area contributed by atoms with Crippen molar-refractivity contribution in [3.8, 4) is 0 Å². The standard InChI is InChI=1S/C3H8.C2H6.9CH4/c1-3-2;1-2;;;;;;;;;/h3H2,1-2H3;1-2H3;9*1H4. The summed E-state index contributed by atoms with van der Waals surface area (Å²) >= 11 is 0. The molecule has 0 bridgehead atoms. The molecule has 0 nitrogen and oxygen atoms in total. The van der Waals surface area contributed by atoms with Gasteiger partial charge in [0.05, 0.1) is 0 Å². The molecule has 0 aliphatic carbocycles. The van der Waals surface area contributed by atoms with Crippen LogP contribution in [0.5, 0.6) is 0 Å². The van der Waals surface area contributed by atoms with Crippen molar-refractivity contribution in [1.82, 2.24) is 0 Å². The lowest BCUT2D eigenvalue weighted by Crippen LogP contribution is -1.27. The Labute approximate surface area is 102 Å². The Morgan fingerprint density at radius 1 is 0.429 bits per heavy atom. The molecule has 0 atom stereocenters. The summed E-state index contributed by atoms with van der Waals surface area (Å²) in [5.41, 5.74) is 0. The number of hydrogen-bond acceptors (Lipinski definition) is 0. The van der Waals surface area contributed by atoms with E-state index in [1.807, 2.05) is 13.8 Å². The largest absolute Gasteiger partial charge is 0.0776 e. The molecule has 0 aliphatic rings. The third-order valence-corrected chi connectivity index (χ3v) is 0. The molecule has 0 aromatic carbocycles. The van der Waals surface area contributed by atoms with Crippen LogP contribution in [0.3, 0.4) is 0 Å². The van der Waals surface area contributed by atoms with E-state index in [9.17, 15) is 0 Å². The fraction of sp³-hybridized carbons (Fsp3) is 1.00. The van der Waals surface area contributed by atoms with Crippen molar-refractivity contribution in [2.75, 3.05) is 0 Å². The minimum Gasteiger partial charge on any atom is -0.0776 e. The monoisotopic (exact) mass is 218 g/mol. The molecule has 0 fully saturated rings. The fourth-order valence-corrected chi connectivity index (χ4v) is 0. The lowest BCUT2D eigenvalue weighted by Gasteiger charge is -1.48. The topological polar surface area (TPSA) is 0 Å². The van der Waals surface area contributed by atoms with Gasteiger partial charge in [0.2, 0.25) is 0 Å². The van der Waals surface area contributed by atoms with Crippen LogP contribution < -0.4 is 0 Å². The average molecular weight is 219 g/mol. The van der Waals surface area contributed by atoms with Crippen LogP contribution in [0.2, 0.25) is 0 Å². The second-order valence-electron chi connectivity index (χ2n) is 0.707. The van der Waals surface area contributed by atoms with Crippen molar-refractivity contribution in [2.24, 2.45) is 0 Å². The molecule has 0 saturated carbocycles. The molecule has 106 valence electrons. The van der Waals surface area contributed by atoms with Crippen molar-refractivity contribution in [1.29, 1.82) is 0 Å². The molecule has 0 spiro atoms. The molecule has 0 radical (unpaired) electrons. The molecule has 0 saturated heterocycles. The summed E-state index contributed by atoms with van der Waals surface area (Å²) in [6.07, 6.45) is 1.25. The van der Waals surface area contributed by atoms with Crippen LogP contribution in [0.25, 0.3) is 0 Å². The van der Waals surface area contributed by atoms with Crippen LogP contribution in [0.15, 0.2) is 0 Å². The molecule has 0 aliphatic heterocycles. The summed E-state index contributed by atoms with van der Waals surface area (Å²) in [4.78, 5) is 0. The highest BCUT2D eigenvalue weighted by molar-refractivity contribution is 3.92. The van der Waals surface area contributed by atoms with Crippen molar-refractivity contribution >= 4 is 0 Å². The van der Waals surface area contributed by atoms with E-state index in [1.54, 1.807) is 0 Å². The molecule has 0 aromatic heterocycles. The highest BCUT2D eigenvalue weighted by Gasteiger charge is 1.35. The first-order chi connectivity index (χ1) is 2.41. The summed E-state index contributed by atoms with van der Waals surface area (Å²) in [5, 5.41) is 0. The molecule has 0 unspecified atom stereocenters. The van der Waals surface area contributed by atoms with E-state index in [0.717, 1.165) is 0 Å². The van der Waals surface area contributed by atoms with Crippen LogP contribution in [-0.4, -0.2) is 0 Å². The minimum absolute atomic E-state index is 0. The third kappa shape index (κ3) is 0. The van der Waals surface area contributed by atoms with E-state index in [1.165, 1.54) is 6.42 Å². The molecule has 0 rings (SSSR count). The van der Waals surface area contributed by atoms with Crippen molar-refractivity contribution < 1.29 is 0 Å². The molecule has 0 aromatic rings. The van der Waals surface area contributed by atoms with Crippen LogP contribution in [0.1, 0.15) is 101 Å². The van der Waals surface area contributed by atoms with Crippen molar-refractivity contribution in [2.45, 2.75) is 101 Å². The van der Waals surface area contributed by atoms with Gasteiger partial charge in [-0.1, -0.05) is 101 Å². The molecule has 0 heterocycles. The summed E-state index contributed by atoms with van der Waals surface area (Å²) in [6.45, 7) is 8.25. The van der Waals surface area contributed by atoms with Gasteiger partial charge in [-0.2, -0.15) is 0 Å². The first-order valence-electron chi connectivity index (χ1n) is 2.41. The maximum absolute atomic E-state index is 2.12. The summed E-state index contributed by atoms with van der Waals surface area (Å²) in [5.74, 6) is 0. The van der Waals surface area contributed by atoms with Crippen LogP contribution in [0, 0.1) is 0 Å². The Morgan fingerprint density at radius 2 is 0.429 bits per heavy atom. The number of hydrogen-bond donors (Lipinski definition) is 0. The average Bonchev–Trinajstić information content (AvgIpc) is 1.46. The van der Waals surface area contributed by atoms with Gasteiger partial charge in [0, 0.05) is 0 Å². The quantitative estimate of drug-likeness (QED) is 0.384. The lowest BCUT2D eigenvalue weighted by molar-refractivity contribution is 1.09. The van der Waals surface area contributed by atoms with Gasteiger partial charge in [-0.3, -0.25) is 0 Å². The molecule has 0 N–H and O–H groups in total. The maximum Gasteiger partial charge on any atom is -0.0590 e. The van der Waals surface area contributed by atoms with Gasteiger partial charge >= 0.3 is 0 Å². The van der Waals surface area contributed by atoms with Gasteiger partial charge in [0.1, 0.15) is 0 Å². The van der Waals surface area contributed by atoms with Crippen LogP contribution in [0.4, 0.5) is 0 Å². The molecule has 14 heavy (non-hydrogen) atoms. The van der Waals surface area contributed by atoms with E-state index in [4.69, 9.17) is 0 Å². The van der Waals surface area contributed by atoms with Gasteiger partial charge < -0.3 is 0 Å². The molecular weight excluding hydrogens is 168 g/mol. The molecular formula is C14H50. The zero-order valence-electron chi connectivity index (χ0n) is 4.71. The fourth-order valence-electron chi connectivity index (χ4n) is 0. The second-order valence-corrected chi connectivity index (χ2v) is 0.707. The maximum atomic E-state index is 2.12. The van der Waals surface area contributed by atoms with Crippen molar-refractivity contribution in [3.05, 3.63) is 0 Å². The predicted octanol–water partition coefficient (Wildman–Crippen LogP) is 8.17. The van der Waals surface area contributed by atoms with E-state index in [-0.39, 0.29) is 66.8 Å². The first kappa shape index (κ1) is 263. The Kier molecular flexibility index (Phi) is 35200. The first-order valence-corrected chi connectivity index (χ1v) is 2.41. The van der Waals surface area contributed by atoms with E-state index in [2.05, 4.69) is 13.8 Å². The smallest absolute Gasteiger partial charge is 0.0590 e. The van der Waals surface area contributed by atoms with Gasteiger partial charge in [-0.25, -0.2) is 0 Å². The van der Waals surface area contributed by atoms with Crippen LogP contribution in [-0.2, 0) is 0 Å². The predicted molar refractivity (Wildman–Crippen MR) is 87.9 cm³/mol. The van der Waals surface area contributed by atoms with Crippen molar-refractivity contribution in [3.63, 3.8) is 0 Å². The Hall–Kier alpha value is 0. The molecule has 0 amide bonds. The van der Waals surface area contributed by atoms with Gasteiger partial charge in [0.25, 0.3) is 0 Å². The van der Waals surface area contributed by atoms with E-state index < -0.39 is 0 Å². The summed E-state index contributed by atoms with van der Waals surface area (Å²) in [6, 6.07) is 0. The Bertz CT molecular complexity index is 0. The Morgan fingerprint density at radius 3 is 0.429 bits per heavy atom. The zero-order valence-corrected chi connectivity index (χ0v) is 4.71. The van der Waals surface area contributed by atoms with Gasteiger partial charge in [0.15, 0.2) is 0 Å². The number of rotatable bonds is 0. The van der Waals surface area contributed by atoms with Crippen LogP contribution >= 0.6 is 0 Å². The van der Waals surface area contributed by atoms with E-state index in [0.29, 0.717) is 0 Å². The lowest BCUT2D eigenvalue weighted by atomic mass is 10.6. The summed E-state index contributed by atoms with van der Waals surface area (Å²) < 4.78 is 0. The molecule has 0 heteroatoms. The van der Waals surface area contributed by atoms with Gasteiger partial charge in [-0.15, -0.1) is 0 Å². The highest BCUT2D eigenvalue weighted by Crippen LogP contribution is 1.56. The third-order valence-electron chi connectivity index (χ3n) is 0.